The van der Waals surface area contributed by atoms with E-state index in [1.165, 1.54) is 29.7 Å². The van der Waals surface area contributed by atoms with E-state index in [1.54, 1.807) is 0 Å². The molecule has 1 nitrogen and oxygen atoms in total. The molecule has 0 radical (unpaired) electrons. The molecule has 15 heavy (non-hydrogen) atoms. The fourth-order valence-electron chi connectivity index (χ4n) is 2.28. The minimum Gasteiger partial charge on any atom is -0.372 e. The monoisotopic (exact) mass is 203 g/mol. The topological polar surface area (TPSA) is 3.24 Å². The van der Waals surface area contributed by atoms with Gasteiger partial charge in [-0.3, -0.25) is 0 Å². The van der Waals surface area contributed by atoms with Crippen molar-refractivity contribution in [2.24, 2.45) is 0 Å². The van der Waals surface area contributed by atoms with Gasteiger partial charge in [-0.15, -0.1) is 0 Å². The second-order valence-corrected chi connectivity index (χ2v) is 5.04. The number of nitrogens with zero attached hydrogens (tertiary/aromatic N) is 1. The lowest BCUT2D eigenvalue weighted by atomic mass is 9.93. The van der Waals surface area contributed by atoms with Gasteiger partial charge in [0.25, 0.3) is 0 Å². The van der Waals surface area contributed by atoms with E-state index in [0.29, 0.717) is 12.0 Å². The third kappa shape index (κ3) is 1.88. The summed E-state index contributed by atoms with van der Waals surface area (Å²) in [5, 5.41) is 0. The summed E-state index contributed by atoms with van der Waals surface area (Å²) in [7, 11) is 2.22. The molecule has 1 unspecified atom stereocenters. The summed E-state index contributed by atoms with van der Waals surface area (Å²) in [6.07, 6.45) is 2.52. The van der Waals surface area contributed by atoms with Gasteiger partial charge in [0.1, 0.15) is 0 Å². The fraction of sp³-hybridized carbons (Fsp3) is 0.571. The zero-order valence-electron chi connectivity index (χ0n) is 10.2. The van der Waals surface area contributed by atoms with Crippen molar-refractivity contribution in [3.63, 3.8) is 0 Å². The van der Waals surface area contributed by atoms with Gasteiger partial charge in [0.2, 0.25) is 0 Å². The lowest BCUT2D eigenvalue weighted by Crippen LogP contribution is -2.33. The van der Waals surface area contributed by atoms with Crippen molar-refractivity contribution in [3.8, 4) is 0 Å². The van der Waals surface area contributed by atoms with Crippen LogP contribution in [0.3, 0.4) is 0 Å². The Labute approximate surface area is 93.1 Å². The van der Waals surface area contributed by atoms with Crippen molar-refractivity contribution in [2.45, 2.75) is 45.6 Å². The molecule has 0 aromatic heterocycles. The molecule has 1 aromatic carbocycles. The Bertz CT molecular complexity index is 354. The number of hydrogen-bond donors (Lipinski definition) is 0. The second kappa shape index (κ2) is 3.88. The van der Waals surface area contributed by atoms with Crippen LogP contribution in [0.2, 0.25) is 0 Å². The number of fused-ring (bicyclic) bond motifs is 1. The van der Waals surface area contributed by atoms with Crippen molar-refractivity contribution in [1.82, 2.24) is 0 Å². The summed E-state index contributed by atoms with van der Waals surface area (Å²) in [6.45, 7) is 6.83. The van der Waals surface area contributed by atoms with Crippen molar-refractivity contribution >= 4 is 5.69 Å². The van der Waals surface area contributed by atoms with E-state index in [9.17, 15) is 0 Å². The molecule has 1 heterocycles. The summed E-state index contributed by atoms with van der Waals surface area (Å²) < 4.78 is 0. The Hall–Kier alpha value is -0.980. The van der Waals surface area contributed by atoms with Crippen LogP contribution in [-0.2, 0) is 6.42 Å². The molecule has 1 heteroatoms. The summed E-state index contributed by atoms with van der Waals surface area (Å²) in [5.41, 5.74) is 4.41. The van der Waals surface area contributed by atoms with Crippen LogP contribution in [0, 0.1) is 0 Å². The maximum Gasteiger partial charge on any atom is 0.0401 e. The van der Waals surface area contributed by atoms with Crippen molar-refractivity contribution in [2.75, 3.05) is 11.9 Å². The molecule has 1 aliphatic heterocycles. The standard InChI is InChI=1S/C14H21N/c1-10(2)13-8-7-12-6-5-11(3)15(4)14(12)9-13/h7-11H,5-6H2,1-4H3. The van der Waals surface area contributed by atoms with Gasteiger partial charge in [0.05, 0.1) is 0 Å². The predicted molar refractivity (Wildman–Crippen MR) is 66.7 cm³/mol. The Morgan fingerprint density at radius 1 is 1.33 bits per heavy atom. The minimum atomic E-state index is 0.626. The van der Waals surface area contributed by atoms with Crippen LogP contribution in [-0.4, -0.2) is 13.1 Å². The van der Waals surface area contributed by atoms with E-state index in [1.807, 2.05) is 0 Å². The third-order valence-electron chi connectivity index (χ3n) is 3.65. The lowest BCUT2D eigenvalue weighted by Gasteiger charge is -2.34. The highest BCUT2D eigenvalue weighted by Gasteiger charge is 2.20. The van der Waals surface area contributed by atoms with Crippen LogP contribution in [0.4, 0.5) is 5.69 Å². The predicted octanol–water partition coefficient (Wildman–Crippen LogP) is 3.58. The van der Waals surface area contributed by atoms with Crippen LogP contribution in [0.5, 0.6) is 0 Å². The molecule has 0 spiro atoms. The maximum absolute atomic E-state index is 2.42. The van der Waals surface area contributed by atoms with Gasteiger partial charge in [-0.05, 0) is 42.9 Å². The molecular formula is C14H21N. The van der Waals surface area contributed by atoms with Crippen molar-refractivity contribution in [1.29, 1.82) is 0 Å². The molecule has 1 aromatic rings. The summed E-state index contributed by atoms with van der Waals surface area (Å²) >= 11 is 0. The van der Waals surface area contributed by atoms with Crippen molar-refractivity contribution < 1.29 is 0 Å². The second-order valence-electron chi connectivity index (χ2n) is 5.04. The van der Waals surface area contributed by atoms with Crippen LogP contribution in [0.25, 0.3) is 0 Å². The zero-order chi connectivity index (χ0) is 11.0. The van der Waals surface area contributed by atoms with Gasteiger partial charge in [0.15, 0.2) is 0 Å². The summed E-state index contributed by atoms with van der Waals surface area (Å²) in [5.74, 6) is 0.626. The van der Waals surface area contributed by atoms with Gasteiger partial charge >= 0.3 is 0 Å². The quantitative estimate of drug-likeness (QED) is 0.674. The smallest absolute Gasteiger partial charge is 0.0401 e. The van der Waals surface area contributed by atoms with E-state index >= 15 is 0 Å². The molecule has 0 fully saturated rings. The highest BCUT2D eigenvalue weighted by Crippen LogP contribution is 2.31. The average Bonchev–Trinajstić information content (AvgIpc) is 2.23. The molecule has 0 bridgehead atoms. The molecule has 0 saturated heterocycles. The van der Waals surface area contributed by atoms with Gasteiger partial charge in [0, 0.05) is 18.8 Å². The van der Waals surface area contributed by atoms with Crippen LogP contribution in [0.15, 0.2) is 18.2 Å². The molecule has 0 amide bonds. The first-order valence-corrected chi connectivity index (χ1v) is 5.95. The molecule has 82 valence electrons. The normalized spacial score (nSPS) is 20.6. The first-order chi connectivity index (χ1) is 7.09. The zero-order valence-corrected chi connectivity index (χ0v) is 10.2. The highest BCUT2D eigenvalue weighted by molar-refractivity contribution is 5.57. The SMILES string of the molecule is CC(C)c1ccc2c(c1)N(C)C(C)CC2. The highest BCUT2D eigenvalue weighted by atomic mass is 15.1. The molecule has 0 aliphatic carbocycles. The Morgan fingerprint density at radius 3 is 2.73 bits per heavy atom. The third-order valence-corrected chi connectivity index (χ3v) is 3.65. The molecule has 0 saturated carbocycles. The number of hydrogen-bond acceptors (Lipinski definition) is 1. The first kappa shape index (κ1) is 10.5. The van der Waals surface area contributed by atoms with Crippen LogP contribution < -0.4 is 4.90 Å². The van der Waals surface area contributed by atoms with Gasteiger partial charge < -0.3 is 4.90 Å². The Kier molecular flexibility index (Phi) is 2.72. The van der Waals surface area contributed by atoms with Gasteiger partial charge in [-0.1, -0.05) is 26.0 Å². The number of aryl methyl sites for hydroxylation is 1. The number of benzene rings is 1. The largest absolute Gasteiger partial charge is 0.372 e. The van der Waals surface area contributed by atoms with Crippen molar-refractivity contribution in [3.05, 3.63) is 29.3 Å². The fourth-order valence-corrected chi connectivity index (χ4v) is 2.28. The van der Waals surface area contributed by atoms with E-state index in [2.05, 4.69) is 50.9 Å². The van der Waals surface area contributed by atoms with E-state index in [-0.39, 0.29) is 0 Å². The maximum atomic E-state index is 2.42. The molecular weight excluding hydrogens is 182 g/mol. The molecule has 1 atom stereocenters. The molecule has 1 aliphatic rings. The Balaban J connectivity index is 2.41. The number of rotatable bonds is 1. The first-order valence-electron chi connectivity index (χ1n) is 5.95. The molecule has 0 N–H and O–H groups in total. The summed E-state index contributed by atoms with van der Waals surface area (Å²) in [6, 6.07) is 7.65. The van der Waals surface area contributed by atoms with Crippen LogP contribution in [0.1, 0.15) is 44.2 Å². The average molecular weight is 203 g/mol. The summed E-state index contributed by atoms with van der Waals surface area (Å²) in [4.78, 5) is 2.42. The minimum absolute atomic E-state index is 0.626. The van der Waals surface area contributed by atoms with Gasteiger partial charge in [-0.2, -0.15) is 0 Å². The van der Waals surface area contributed by atoms with E-state index in [4.69, 9.17) is 0 Å². The number of anilines is 1. The van der Waals surface area contributed by atoms with Gasteiger partial charge in [-0.25, -0.2) is 0 Å². The van der Waals surface area contributed by atoms with E-state index in [0.717, 1.165) is 0 Å². The molecule has 2 rings (SSSR count). The lowest BCUT2D eigenvalue weighted by molar-refractivity contribution is 0.597. The van der Waals surface area contributed by atoms with E-state index < -0.39 is 0 Å². The Morgan fingerprint density at radius 2 is 2.07 bits per heavy atom. The van der Waals surface area contributed by atoms with Crippen LogP contribution >= 0.6 is 0 Å².